The highest BCUT2D eigenvalue weighted by molar-refractivity contribution is 7.99. The first-order valence-electron chi connectivity index (χ1n) is 4.76. The average molecular weight is 203 g/mol. The maximum absolute atomic E-state index is 10.6. The van der Waals surface area contributed by atoms with E-state index in [9.17, 15) is 4.79 Å². The lowest BCUT2D eigenvalue weighted by Gasteiger charge is -2.18. The zero-order chi connectivity index (χ0) is 9.68. The fourth-order valence-electron chi connectivity index (χ4n) is 1.50. The van der Waals surface area contributed by atoms with Crippen LogP contribution in [0.1, 0.15) is 26.2 Å². The molecule has 0 aromatic rings. The third-order valence-corrected chi connectivity index (χ3v) is 3.41. The second-order valence-electron chi connectivity index (χ2n) is 3.47. The van der Waals surface area contributed by atoms with Crippen molar-refractivity contribution in [2.75, 3.05) is 11.5 Å². The van der Waals surface area contributed by atoms with Gasteiger partial charge in [0.2, 0.25) is 0 Å². The number of carboxylic acid groups (broad SMARTS) is 1. The Hall–Kier alpha value is -0.220. The predicted octanol–water partition coefficient (Wildman–Crippen LogP) is 1.33. The van der Waals surface area contributed by atoms with Crippen LogP contribution in [0, 0.1) is 0 Å². The predicted molar refractivity (Wildman–Crippen MR) is 55.2 cm³/mol. The maximum atomic E-state index is 10.6. The minimum atomic E-state index is -0.753. The van der Waals surface area contributed by atoms with Crippen LogP contribution in [0.4, 0.5) is 0 Å². The summed E-state index contributed by atoms with van der Waals surface area (Å²) in [5, 5.41) is 11.9. The van der Waals surface area contributed by atoms with Crippen LogP contribution in [-0.4, -0.2) is 34.7 Å². The van der Waals surface area contributed by atoms with Crippen LogP contribution in [-0.2, 0) is 4.79 Å². The van der Waals surface area contributed by atoms with Crippen molar-refractivity contribution in [3.63, 3.8) is 0 Å². The van der Waals surface area contributed by atoms with Crippen molar-refractivity contribution in [3.05, 3.63) is 0 Å². The topological polar surface area (TPSA) is 49.3 Å². The van der Waals surface area contributed by atoms with Gasteiger partial charge in [0.25, 0.3) is 0 Å². The Morgan fingerprint density at radius 2 is 2.31 bits per heavy atom. The Labute approximate surface area is 83.3 Å². The number of nitrogens with one attached hydrogen (secondary N) is 1. The summed E-state index contributed by atoms with van der Waals surface area (Å²) in [5.41, 5.74) is 0. The van der Waals surface area contributed by atoms with Crippen LogP contribution >= 0.6 is 11.8 Å². The van der Waals surface area contributed by atoms with E-state index in [1.807, 2.05) is 11.8 Å². The summed E-state index contributed by atoms with van der Waals surface area (Å²) in [6.45, 7) is 1.71. The lowest BCUT2D eigenvalue weighted by atomic mass is 10.1. The molecule has 0 bridgehead atoms. The van der Waals surface area contributed by atoms with Crippen molar-refractivity contribution >= 4 is 17.7 Å². The van der Waals surface area contributed by atoms with Gasteiger partial charge in [-0.2, -0.15) is 11.8 Å². The van der Waals surface area contributed by atoms with E-state index in [4.69, 9.17) is 5.11 Å². The number of rotatable bonds is 3. The minimum absolute atomic E-state index is 0.404. The molecular weight excluding hydrogens is 186 g/mol. The monoisotopic (exact) mass is 203 g/mol. The summed E-state index contributed by atoms with van der Waals surface area (Å²) in [7, 11) is 0. The minimum Gasteiger partial charge on any atom is -0.480 e. The number of aliphatic carboxylic acids is 1. The molecule has 0 aliphatic carbocycles. The normalized spacial score (nSPS) is 26.4. The van der Waals surface area contributed by atoms with Crippen molar-refractivity contribution in [2.45, 2.75) is 38.3 Å². The highest BCUT2D eigenvalue weighted by Gasteiger charge is 2.17. The van der Waals surface area contributed by atoms with Gasteiger partial charge in [0.15, 0.2) is 0 Å². The molecule has 13 heavy (non-hydrogen) atoms. The zero-order valence-corrected chi connectivity index (χ0v) is 8.77. The highest BCUT2D eigenvalue weighted by atomic mass is 32.2. The largest absolute Gasteiger partial charge is 0.480 e. The summed E-state index contributed by atoms with van der Waals surface area (Å²) in [6.07, 6.45) is 3.42. The molecule has 0 spiro atoms. The van der Waals surface area contributed by atoms with Crippen molar-refractivity contribution < 1.29 is 9.90 Å². The molecule has 0 amide bonds. The van der Waals surface area contributed by atoms with Gasteiger partial charge in [-0.3, -0.25) is 4.79 Å². The van der Waals surface area contributed by atoms with Gasteiger partial charge in [-0.1, -0.05) is 0 Å². The van der Waals surface area contributed by atoms with E-state index in [-0.39, 0.29) is 0 Å². The Morgan fingerprint density at radius 1 is 1.54 bits per heavy atom. The quantitative estimate of drug-likeness (QED) is 0.726. The molecule has 1 aliphatic heterocycles. The molecule has 2 N–H and O–H groups in total. The van der Waals surface area contributed by atoms with Crippen LogP contribution in [0.25, 0.3) is 0 Å². The highest BCUT2D eigenvalue weighted by Crippen LogP contribution is 2.17. The van der Waals surface area contributed by atoms with Crippen molar-refractivity contribution in [3.8, 4) is 0 Å². The van der Waals surface area contributed by atoms with Gasteiger partial charge in [0, 0.05) is 6.04 Å². The van der Waals surface area contributed by atoms with E-state index in [2.05, 4.69) is 5.32 Å². The van der Waals surface area contributed by atoms with Gasteiger partial charge >= 0.3 is 5.97 Å². The first-order valence-corrected chi connectivity index (χ1v) is 5.92. The first-order chi connectivity index (χ1) is 6.20. The number of hydrogen-bond acceptors (Lipinski definition) is 3. The van der Waals surface area contributed by atoms with Gasteiger partial charge in [-0.15, -0.1) is 0 Å². The van der Waals surface area contributed by atoms with E-state index in [1.54, 1.807) is 6.92 Å². The van der Waals surface area contributed by atoms with Crippen molar-refractivity contribution in [1.29, 1.82) is 0 Å². The third-order valence-electron chi connectivity index (χ3n) is 2.31. The lowest BCUT2D eigenvalue weighted by Crippen LogP contribution is -2.41. The average Bonchev–Trinajstić information content (AvgIpc) is 2.32. The molecular formula is C9H17NO2S. The fourth-order valence-corrected chi connectivity index (χ4v) is 2.52. The molecule has 1 fully saturated rings. The first kappa shape index (κ1) is 10.9. The molecule has 0 aromatic heterocycles. The van der Waals surface area contributed by atoms with Gasteiger partial charge in [-0.25, -0.2) is 0 Å². The Bertz CT molecular complexity index is 167. The summed E-state index contributed by atoms with van der Waals surface area (Å²) < 4.78 is 0. The molecule has 2 atom stereocenters. The molecule has 0 saturated carbocycles. The van der Waals surface area contributed by atoms with E-state index >= 15 is 0 Å². The van der Waals surface area contributed by atoms with E-state index in [1.165, 1.54) is 12.2 Å². The van der Waals surface area contributed by atoms with Gasteiger partial charge in [0.05, 0.1) is 0 Å². The number of thioether (sulfide) groups is 1. The Morgan fingerprint density at radius 3 is 3.00 bits per heavy atom. The number of hydrogen-bond donors (Lipinski definition) is 2. The molecule has 0 aromatic carbocycles. The van der Waals surface area contributed by atoms with E-state index < -0.39 is 12.0 Å². The van der Waals surface area contributed by atoms with Crippen molar-refractivity contribution in [2.24, 2.45) is 0 Å². The van der Waals surface area contributed by atoms with E-state index in [0.29, 0.717) is 6.04 Å². The summed E-state index contributed by atoms with van der Waals surface area (Å²) in [5.74, 6) is 1.63. The Kier molecular flexibility index (Phi) is 4.59. The van der Waals surface area contributed by atoms with Crippen LogP contribution in [0.5, 0.6) is 0 Å². The second-order valence-corrected chi connectivity index (χ2v) is 4.69. The molecule has 1 unspecified atom stereocenters. The zero-order valence-electron chi connectivity index (χ0n) is 7.95. The molecule has 4 heteroatoms. The van der Waals surface area contributed by atoms with Crippen LogP contribution in [0.15, 0.2) is 0 Å². The van der Waals surface area contributed by atoms with Crippen LogP contribution in [0.2, 0.25) is 0 Å². The molecule has 3 nitrogen and oxygen atoms in total. The molecule has 1 saturated heterocycles. The number of carbonyl (C=O) groups is 1. The smallest absolute Gasteiger partial charge is 0.320 e. The van der Waals surface area contributed by atoms with Gasteiger partial charge in [0.1, 0.15) is 6.04 Å². The lowest BCUT2D eigenvalue weighted by molar-refractivity contribution is -0.139. The van der Waals surface area contributed by atoms with Crippen molar-refractivity contribution in [1.82, 2.24) is 5.32 Å². The molecule has 76 valence electrons. The molecule has 0 radical (unpaired) electrons. The van der Waals surface area contributed by atoms with Gasteiger partial charge in [-0.05, 0) is 37.7 Å². The SMILES string of the molecule is C[C@H](NC1CCCSCC1)C(=O)O. The van der Waals surface area contributed by atoms with Crippen LogP contribution in [0.3, 0.4) is 0 Å². The Balaban J connectivity index is 2.29. The fraction of sp³-hybridized carbons (Fsp3) is 0.889. The summed E-state index contributed by atoms with van der Waals surface area (Å²) >= 11 is 1.97. The summed E-state index contributed by atoms with van der Waals surface area (Å²) in [4.78, 5) is 10.6. The van der Waals surface area contributed by atoms with Crippen LogP contribution < -0.4 is 5.32 Å². The number of carboxylic acids is 1. The maximum Gasteiger partial charge on any atom is 0.320 e. The van der Waals surface area contributed by atoms with E-state index in [0.717, 1.165) is 18.6 Å². The second kappa shape index (κ2) is 5.50. The molecule has 1 rings (SSSR count). The molecule has 1 heterocycles. The standard InChI is InChI=1S/C9H17NO2S/c1-7(9(11)12)10-8-3-2-5-13-6-4-8/h7-8,10H,2-6H2,1H3,(H,11,12)/t7-,8?/m0/s1. The summed E-state index contributed by atoms with van der Waals surface area (Å²) in [6, 6.07) is -0.00537. The molecule has 1 aliphatic rings. The third kappa shape index (κ3) is 4.00. The van der Waals surface area contributed by atoms with Gasteiger partial charge < -0.3 is 10.4 Å².